The van der Waals surface area contributed by atoms with E-state index in [1.165, 1.54) is 0 Å². The molecule has 1 unspecified atom stereocenters. The van der Waals surface area contributed by atoms with Crippen LogP contribution in [-0.2, 0) is 4.79 Å². The number of nitrogens with zero attached hydrogens (tertiary/aromatic N) is 1. The molecule has 0 spiro atoms. The van der Waals surface area contributed by atoms with Crippen molar-refractivity contribution in [1.29, 1.82) is 0 Å². The third-order valence-electron chi connectivity index (χ3n) is 5.45. The Balaban J connectivity index is 1.74. The molecule has 2 aromatic rings. The van der Waals surface area contributed by atoms with Gasteiger partial charge in [0.15, 0.2) is 6.10 Å². The lowest BCUT2D eigenvalue weighted by Gasteiger charge is -2.23. The molecule has 2 amide bonds. The number of hydrogen-bond acceptors (Lipinski definition) is 3. The van der Waals surface area contributed by atoms with Crippen molar-refractivity contribution >= 4 is 17.5 Å². The highest BCUT2D eigenvalue weighted by molar-refractivity contribution is 6.04. The van der Waals surface area contributed by atoms with Gasteiger partial charge in [-0.15, -0.1) is 0 Å². The van der Waals surface area contributed by atoms with Crippen LogP contribution in [0.1, 0.15) is 60.5 Å². The zero-order valence-electron chi connectivity index (χ0n) is 18.2. The van der Waals surface area contributed by atoms with Crippen LogP contribution in [0.15, 0.2) is 42.5 Å². The average Bonchev–Trinajstić information content (AvgIpc) is 3.00. The molecule has 1 heterocycles. The first-order chi connectivity index (χ1) is 14.5. The molecule has 0 saturated carbocycles. The van der Waals surface area contributed by atoms with Crippen LogP contribution in [-0.4, -0.2) is 35.9 Å². The van der Waals surface area contributed by atoms with Gasteiger partial charge in [-0.2, -0.15) is 0 Å². The van der Waals surface area contributed by atoms with E-state index >= 15 is 0 Å². The monoisotopic (exact) mass is 408 g/mol. The van der Waals surface area contributed by atoms with Crippen molar-refractivity contribution in [3.8, 4) is 5.75 Å². The van der Waals surface area contributed by atoms with Crippen molar-refractivity contribution in [3.63, 3.8) is 0 Å². The Hall–Kier alpha value is -2.82. The minimum absolute atomic E-state index is 0.0175. The quantitative estimate of drug-likeness (QED) is 0.722. The highest BCUT2D eigenvalue weighted by Crippen LogP contribution is 2.22. The van der Waals surface area contributed by atoms with Crippen LogP contribution < -0.4 is 10.1 Å². The summed E-state index contributed by atoms with van der Waals surface area (Å²) in [7, 11) is 0. The molecule has 0 aromatic heterocycles. The number of carbonyl (C=O) groups is 2. The topological polar surface area (TPSA) is 58.6 Å². The zero-order chi connectivity index (χ0) is 21.5. The summed E-state index contributed by atoms with van der Waals surface area (Å²) in [6.45, 7) is 7.47. The fourth-order valence-corrected chi connectivity index (χ4v) is 3.92. The second-order valence-corrected chi connectivity index (χ2v) is 8.08. The average molecular weight is 409 g/mol. The molecular formula is C25H32N2O3. The van der Waals surface area contributed by atoms with E-state index in [1.807, 2.05) is 49.9 Å². The minimum atomic E-state index is -0.632. The van der Waals surface area contributed by atoms with E-state index in [0.29, 0.717) is 23.4 Å². The number of benzene rings is 2. The Morgan fingerprint density at radius 2 is 1.63 bits per heavy atom. The van der Waals surface area contributed by atoms with E-state index in [-0.39, 0.29) is 11.8 Å². The third-order valence-corrected chi connectivity index (χ3v) is 5.45. The lowest BCUT2D eigenvalue weighted by Crippen LogP contribution is -2.35. The highest BCUT2D eigenvalue weighted by atomic mass is 16.5. The summed E-state index contributed by atoms with van der Waals surface area (Å²) < 4.78 is 5.99. The number of rotatable bonds is 6. The number of likely N-dealkylation sites (tertiary alicyclic amines) is 1. The maximum absolute atomic E-state index is 13.1. The predicted octanol–water partition coefficient (Wildman–Crippen LogP) is 5.12. The second kappa shape index (κ2) is 10.3. The fraction of sp³-hybridized carbons (Fsp3) is 0.440. The van der Waals surface area contributed by atoms with E-state index in [9.17, 15) is 9.59 Å². The van der Waals surface area contributed by atoms with Gasteiger partial charge in [0, 0.05) is 13.1 Å². The van der Waals surface area contributed by atoms with Crippen LogP contribution in [0.4, 0.5) is 5.69 Å². The van der Waals surface area contributed by atoms with E-state index in [1.54, 1.807) is 12.1 Å². The van der Waals surface area contributed by atoms with Crippen molar-refractivity contribution in [1.82, 2.24) is 4.90 Å². The summed E-state index contributed by atoms with van der Waals surface area (Å²) in [5.41, 5.74) is 3.26. The first-order valence-electron chi connectivity index (χ1n) is 10.9. The van der Waals surface area contributed by atoms with Gasteiger partial charge in [-0.05, 0) is 68.5 Å². The van der Waals surface area contributed by atoms with E-state index in [2.05, 4.69) is 11.4 Å². The van der Waals surface area contributed by atoms with Gasteiger partial charge >= 0.3 is 0 Å². The molecule has 0 aliphatic carbocycles. The van der Waals surface area contributed by atoms with Gasteiger partial charge in [0.05, 0.1) is 11.3 Å². The van der Waals surface area contributed by atoms with E-state index in [4.69, 9.17) is 4.74 Å². The van der Waals surface area contributed by atoms with Crippen LogP contribution in [0.2, 0.25) is 0 Å². The first kappa shape index (κ1) is 21.9. The molecule has 5 heteroatoms. The van der Waals surface area contributed by atoms with Crippen molar-refractivity contribution in [3.05, 3.63) is 59.2 Å². The molecule has 1 fully saturated rings. The van der Waals surface area contributed by atoms with Crippen molar-refractivity contribution < 1.29 is 14.3 Å². The minimum Gasteiger partial charge on any atom is -0.481 e. The summed E-state index contributed by atoms with van der Waals surface area (Å²) in [5, 5.41) is 2.94. The van der Waals surface area contributed by atoms with E-state index < -0.39 is 6.10 Å². The van der Waals surface area contributed by atoms with Crippen LogP contribution in [0.25, 0.3) is 0 Å². The normalized spacial score (nSPS) is 15.2. The number of hydrogen-bond donors (Lipinski definition) is 1. The van der Waals surface area contributed by atoms with Gasteiger partial charge in [0.2, 0.25) is 0 Å². The number of carbonyl (C=O) groups excluding carboxylic acids is 2. The Labute approximate surface area is 179 Å². The van der Waals surface area contributed by atoms with Crippen LogP contribution in [0.3, 0.4) is 0 Å². The predicted molar refractivity (Wildman–Crippen MR) is 120 cm³/mol. The number of amides is 2. The lowest BCUT2D eigenvalue weighted by atomic mass is 10.1. The van der Waals surface area contributed by atoms with Crippen molar-refractivity contribution in [2.24, 2.45) is 0 Å². The largest absolute Gasteiger partial charge is 0.481 e. The molecular weight excluding hydrogens is 376 g/mol. The van der Waals surface area contributed by atoms with Crippen molar-refractivity contribution in [2.45, 2.75) is 59.0 Å². The fourth-order valence-electron chi connectivity index (χ4n) is 3.92. The Morgan fingerprint density at radius 3 is 2.27 bits per heavy atom. The number of nitrogens with one attached hydrogen (secondary N) is 1. The number of aryl methyl sites for hydroxylation is 2. The number of anilines is 1. The summed E-state index contributed by atoms with van der Waals surface area (Å²) in [6.07, 6.45) is 4.28. The molecule has 5 nitrogen and oxygen atoms in total. The molecule has 1 saturated heterocycles. The van der Waals surface area contributed by atoms with Crippen LogP contribution >= 0.6 is 0 Å². The standard InChI is InChI=1S/C25H32N2O3/c1-4-23(30-20-16-18(2)15-19(3)17-20)24(28)26-22-12-8-7-11-21(22)25(29)27-13-9-5-6-10-14-27/h7-8,11-12,15-17,23H,4-6,9-10,13-14H2,1-3H3,(H,26,28). The summed E-state index contributed by atoms with van der Waals surface area (Å²) in [6, 6.07) is 13.2. The van der Waals surface area contributed by atoms with Gasteiger partial charge in [-0.25, -0.2) is 0 Å². The summed E-state index contributed by atoms with van der Waals surface area (Å²) in [5.74, 6) is 0.423. The van der Waals surface area contributed by atoms with Crippen LogP contribution in [0.5, 0.6) is 5.75 Å². The molecule has 1 aliphatic rings. The third kappa shape index (κ3) is 5.62. The van der Waals surface area contributed by atoms with Gasteiger partial charge in [0.25, 0.3) is 11.8 Å². The summed E-state index contributed by atoms with van der Waals surface area (Å²) in [4.78, 5) is 28.0. The van der Waals surface area contributed by atoms with Gasteiger partial charge in [-0.1, -0.05) is 38.0 Å². The van der Waals surface area contributed by atoms with Gasteiger partial charge < -0.3 is 15.0 Å². The maximum atomic E-state index is 13.1. The SMILES string of the molecule is CCC(Oc1cc(C)cc(C)c1)C(=O)Nc1ccccc1C(=O)N1CCCCCC1. The highest BCUT2D eigenvalue weighted by Gasteiger charge is 2.23. The molecule has 30 heavy (non-hydrogen) atoms. The maximum Gasteiger partial charge on any atom is 0.265 e. The first-order valence-corrected chi connectivity index (χ1v) is 10.9. The molecule has 2 aromatic carbocycles. The smallest absolute Gasteiger partial charge is 0.265 e. The number of para-hydroxylation sites is 1. The van der Waals surface area contributed by atoms with Gasteiger partial charge in [-0.3, -0.25) is 9.59 Å². The van der Waals surface area contributed by atoms with Gasteiger partial charge in [0.1, 0.15) is 5.75 Å². The molecule has 1 N–H and O–H groups in total. The zero-order valence-corrected chi connectivity index (χ0v) is 18.2. The summed E-state index contributed by atoms with van der Waals surface area (Å²) >= 11 is 0. The second-order valence-electron chi connectivity index (χ2n) is 8.08. The Bertz CT molecular complexity index is 865. The Kier molecular flexibility index (Phi) is 7.50. The molecule has 1 atom stereocenters. The van der Waals surface area contributed by atoms with Crippen LogP contribution in [0, 0.1) is 13.8 Å². The molecule has 160 valence electrons. The lowest BCUT2D eigenvalue weighted by molar-refractivity contribution is -0.122. The molecule has 1 aliphatic heterocycles. The molecule has 0 bridgehead atoms. The van der Waals surface area contributed by atoms with E-state index in [0.717, 1.165) is 49.9 Å². The van der Waals surface area contributed by atoms with Crippen molar-refractivity contribution in [2.75, 3.05) is 18.4 Å². The molecule has 0 radical (unpaired) electrons. The number of ether oxygens (including phenoxy) is 1. The molecule has 3 rings (SSSR count). The Morgan fingerprint density at radius 1 is 1.00 bits per heavy atom.